The predicted octanol–water partition coefficient (Wildman–Crippen LogP) is 1.24. The predicted molar refractivity (Wildman–Crippen MR) is 55.0 cm³/mol. The van der Waals surface area contributed by atoms with E-state index in [0.29, 0.717) is 5.88 Å². The molecule has 0 unspecified atom stereocenters. The molecule has 4 nitrogen and oxygen atoms in total. The Morgan fingerprint density at radius 2 is 2.14 bits per heavy atom. The largest absolute Gasteiger partial charge is 0.368 e. The molecule has 2 N–H and O–H groups in total. The molecular weight excluding hydrogens is 178 g/mol. The molecule has 0 amide bonds. The molecule has 1 fully saturated rings. The van der Waals surface area contributed by atoms with Crippen LogP contribution in [0.3, 0.4) is 0 Å². The minimum atomic E-state index is 0.146. The van der Waals surface area contributed by atoms with Crippen LogP contribution in [-0.4, -0.2) is 30.2 Å². The van der Waals surface area contributed by atoms with Gasteiger partial charge in [0, 0.05) is 11.5 Å². The van der Waals surface area contributed by atoms with E-state index in [4.69, 9.17) is 10.3 Å². The van der Waals surface area contributed by atoms with Gasteiger partial charge in [0.25, 0.3) is 0 Å². The summed E-state index contributed by atoms with van der Waals surface area (Å²) in [5.41, 5.74) is 6.68. The van der Waals surface area contributed by atoms with Crippen LogP contribution in [0.1, 0.15) is 25.5 Å². The maximum Gasteiger partial charge on any atom is 0.222 e. The highest BCUT2D eigenvalue weighted by Gasteiger charge is 2.33. The second kappa shape index (κ2) is 3.28. The first-order chi connectivity index (χ1) is 6.60. The third-order valence-electron chi connectivity index (χ3n) is 3.24. The van der Waals surface area contributed by atoms with E-state index < -0.39 is 0 Å². The summed E-state index contributed by atoms with van der Waals surface area (Å²) in [6, 6.07) is 1.85. The number of piperidine rings is 1. The first-order valence-electron chi connectivity index (χ1n) is 5.01. The van der Waals surface area contributed by atoms with E-state index in [-0.39, 0.29) is 5.41 Å². The van der Waals surface area contributed by atoms with Crippen molar-refractivity contribution in [2.45, 2.75) is 25.2 Å². The molecule has 14 heavy (non-hydrogen) atoms. The van der Waals surface area contributed by atoms with Gasteiger partial charge in [-0.15, -0.1) is 0 Å². The summed E-state index contributed by atoms with van der Waals surface area (Å²) in [6.45, 7) is 4.46. The van der Waals surface area contributed by atoms with Gasteiger partial charge in [0.2, 0.25) is 5.88 Å². The molecule has 1 aliphatic heterocycles. The van der Waals surface area contributed by atoms with Crippen LogP contribution in [0, 0.1) is 0 Å². The van der Waals surface area contributed by atoms with E-state index in [1.807, 2.05) is 6.07 Å². The van der Waals surface area contributed by atoms with E-state index in [1.165, 1.54) is 0 Å². The van der Waals surface area contributed by atoms with Crippen LogP contribution < -0.4 is 5.73 Å². The number of anilines is 1. The molecule has 0 saturated carbocycles. The zero-order valence-corrected chi connectivity index (χ0v) is 8.79. The van der Waals surface area contributed by atoms with Crippen molar-refractivity contribution in [1.29, 1.82) is 0 Å². The third-order valence-corrected chi connectivity index (χ3v) is 3.24. The molecule has 1 saturated heterocycles. The summed E-state index contributed by atoms with van der Waals surface area (Å²) in [6.07, 6.45) is 2.24. The van der Waals surface area contributed by atoms with Crippen molar-refractivity contribution in [2.24, 2.45) is 0 Å². The molecule has 1 aromatic heterocycles. The van der Waals surface area contributed by atoms with Gasteiger partial charge in [0.05, 0.1) is 5.69 Å². The summed E-state index contributed by atoms with van der Waals surface area (Å²) in [7, 11) is 2.15. The molecule has 78 valence electrons. The molecule has 1 aromatic rings. The quantitative estimate of drug-likeness (QED) is 0.732. The molecule has 2 rings (SSSR count). The van der Waals surface area contributed by atoms with E-state index in [1.54, 1.807) is 0 Å². The van der Waals surface area contributed by atoms with Crippen LogP contribution in [-0.2, 0) is 5.41 Å². The number of nitrogen functional groups attached to an aromatic ring is 1. The van der Waals surface area contributed by atoms with E-state index >= 15 is 0 Å². The van der Waals surface area contributed by atoms with Gasteiger partial charge in [-0.1, -0.05) is 12.1 Å². The molecule has 0 atom stereocenters. The van der Waals surface area contributed by atoms with Crippen molar-refractivity contribution in [3.63, 3.8) is 0 Å². The lowest BCUT2D eigenvalue weighted by atomic mass is 9.78. The molecular formula is C10H17N3O. The van der Waals surface area contributed by atoms with Gasteiger partial charge in [-0.3, -0.25) is 0 Å². The molecule has 0 radical (unpaired) electrons. The fraction of sp³-hybridized carbons (Fsp3) is 0.700. The highest BCUT2D eigenvalue weighted by molar-refractivity contribution is 5.29. The van der Waals surface area contributed by atoms with Gasteiger partial charge in [-0.05, 0) is 33.0 Å². The Balaban J connectivity index is 2.16. The second-order valence-corrected chi connectivity index (χ2v) is 4.48. The van der Waals surface area contributed by atoms with Crippen molar-refractivity contribution in [3.05, 3.63) is 11.8 Å². The molecule has 2 heterocycles. The van der Waals surface area contributed by atoms with E-state index in [9.17, 15) is 0 Å². The summed E-state index contributed by atoms with van der Waals surface area (Å²) >= 11 is 0. The third kappa shape index (κ3) is 1.62. The molecule has 0 aromatic carbocycles. The summed E-state index contributed by atoms with van der Waals surface area (Å²) in [5, 5.41) is 4.02. The van der Waals surface area contributed by atoms with Crippen molar-refractivity contribution in [3.8, 4) is 0 Å². The number of nitrogens with two attached hydrogens (primary N) is 1. The van der Waals surface area contributed by atoms with Crippen LogP contribution in [0.15, 0.2) is 10.6 Å². The Morgan fingerprint density at radius 1 is 1.50 bits per heavy atom. The van der Waals surface area contributed by atoms with E-state index in [2.05, 4.69) is 24.0 Å². The normalized spacial score (nSPS) is 22.4. The summed E-state index contributed by atoms with van der Waals surface area (Å²) in [4.78, 5) is 2.34. The maximum absolute atomic E-state index is 5.53. The van der Waals surface area contributed by atoms with Gasteiger partial charge in [-0.2, -0.15) is 0 Å². The van der Waals surface area contributed by atoms with Crippen LogP contribution in [0.2, 0.25) is 0 Å². The average Bonchev–Trinajstić information content (AvgIpc) is 2.58. The van der Waals surface area contributed by atoms with Crippen LogP contribution in [0.4, 0.5) is 5.88 Å². The Hall–Kier alpha value is -1.03. The van der Waals surface area contributed by atoms with Gasteiger partial charge in [0.15, 0.2) is 0 Å². The maximum atomic E-state index is 5.53. The Kier molecular flexibility index (Phi) is 2.23. The number of hydrogen-bond donors (Lipinski definition) is 1. The van der Waals surface area contributed by atoms with Crippen LogP contribution in [0.5, 0.6) is 0 Å². The molecule has 1 aliphatic rings. The van der Waals surface area contributed by atoms with Crippen molar-refractivity contribution < 1.29 is 4.52 Å². The highest BCUT2D eigenvalue weighted by atomic mass is 16.5. The molecule has 4 heteroatoms. The lowest BCUT2D eigenvalue weighted by Gasteiger charge is -2.36. The average molecular weight is 195 g/mol. The fourth-order valence-electron chi connectivity index (χ4n) is 1.94. The monoisotopic (exact) mass is 195 g/mol. The SMILES string of the molecule is CN1CCC(C)(c2cc(N)on2)CC1. The first kappa shape index (κ1) is 9.52. The smallest absolute Gasteiger partial charge is 0.222 e. The summed E-state index contributed by atoms with van der Waals surface area (Å²) in [5.74, 6) is 0.417. The Bertz CT molecular complexity index is 313. The van der Waals surface area contributed by atoms with Gasteiger partial charge in [-0.25, -0.2) is 0 Å². The standard InChI is InChI=1S/C10H17N3O/c1-10(3-5-13(2)6-4-10)8-7-9(11)14-12-8/h7H,3-6,11H2,1-2H3. The molecule has 0 aliphatic carbocycles. The molecule has 0 spiro atoms. The number of likely N-dealkylation sites (tertiary alicyclic amines) is 1. The number of hydrogen-bond acceptors (Lipinski definition) is 4. The Morgan fingerprint density at radius 3 is 2.64 bits per heavy atom. The van der Waals surface area contributed by atoms with E-state index in [0.717, 1.165) is 31.6 Å². The van der Waals surface area contributed by atoms with Crippen molar-refractivity contribution in [2.75, 3.05) is 25.9 Å². The number of aromatic nitrogens is 1. The Labute approximate surface area is 84.0 Å². The lowest BCUT2D eigenvalue weighted by Crippen LogP contribution is -2.39. The first-order valence-corrected chi connectivity index (χ1v) is 5.01. The minimum absolute atomic E-state index is 0.146. The van der Waals surface area contributed by atoms with Crippen molar-refractivity contribution >= 4 is 5.88 Å². The fourth-order valence-corrected chi connectivity index (χ4v) is 1.94. The highest BCUT2D eigenvalue weighted by Crippen LogP contribution is 2.34. The lowest BCUT2D eigenvalue weighted by molar-refractivity contribution is 0.192. The minimum Gasteiger partial charge on any atom is -0.368 e. The van der Waals surface area contributed by atoms with Gasteiger partial charge < -0.3 is 15.2 Å². The number of rotatable bonds is 1. The number of nitrogens with zero attached hydrogens (tertiary/aromatic N) is 2. The molecule has 0 bridgehead atoms. The van der Waals surface area contributed by atoms with Gasteiger partial charge >= 0.3 is 0 Å². The van der Waals surface area contributed by atoms with Gasteiger partial charge in [0.1, 0.15) is 0 Å². The zero-order valence-electron chi connectivity index (χ0n) is 8.79. The zero-order chi connectivity index (χ0) is 10.2. The van der Waals surface area contributed by atoms with Crippen molar-refractivity contribution in [1.82, 2.24) is 10.1 Å². The van der Waals surface area contributed by atoms with Crippen LogP contribution >= 0.6 is 0 Å². The van der Waals surface area contributed by atoms with Crippen LogP contribution in [0.25, 0.3) is 0 Å². The topological polar surface area (TPSA) is 55.3 Å². The second-order valence-electron chi connectivity index (χ2n) is 4.48. The summed E-state index contributed by atoms with van der Waals surface area (Å²) < 4.78 is 4.92.